The minimum atomic E-state index is -0.372. The average Bonchev–Trinajstić information content (AvgIpc) is 2.52. The van der Waals surface area contributed by atoms with E-state index in [1.807, 2.05) is 20.8 Å². The van der Waals surface area contributed by atoms with Gasteiger partial charge in [0.15, 0.2) is 0 Å². The molecular weight excluding hydrogens is 328 g/mol. The van der Waals surface area contributed by atoms with Gasteiger partial charge in [-0.25, -0.2) is 4.79 Å². The lowest BCUT2D eigenvalue weighted by Crippen LogP contribution is -2.55. The van der Waals surface area contributed by atoms with Crippen LogP contribution in [0.1, 0.15) is 65.7 Å². The van der Waals surface area contributed by atoms with Crippen molar-refractivity contribution in [2.45, 2.75) is 77.3 Å². The van der Waals surface area contributed by atoms with Crippen molar-refractivity contribution in [2.24, 2.45) is 11.7 Å². The largest absolute Gasteiger partial charge is 0.349 e. The molecule has 0 bridgehead atoms. The Labute approximate surface area is 152 Å². The Hall–Kier alpha value is -1.01. The van der Waals surface area contributed by atoms with Gasteiger partial charge in [-0.15, -0.1) is 12.4 Å². The van der Waals surface area contributed by atoms with Crippen molar-refractivity contribution in [3.63, 3.8) is 0 Å². The Balaban J connectivity index is 0.00000529. The number of nitrogens with two attached hydrogens (primary N) is 1. The molecule has 0 radical (unpaired) electrons. The first-order chi connectivity index (χ1) is 10.9. The summed E-state index contributed by atoms with van der Waals surface area (Å²) in [5.41, 5.74) is 5.39. The van der Waals surface area contributed by atoms with Gasteiger partial charge in [0.05, 0.1) is 5.54 Å². The Morgan fingerprint density at radius 2 is 1.83 bits per heavy atom. The molecule has 0 saturated heterocycles. The van der Waals surface area contributed by atoms with Crippen molar-refractivity contribution in [1.29, 1.82) is 0 Å². The Morgan fingerprint density at radius 3 is 2.38 bits per heavy atom. The smallest absolute Gasteiger partial charge is 0.315 e. The van der Waals surface area contributed by atoms with E-state index < -0.39 is 0 Å². The number of hydrogen-bond donors (Lipinski definition) is 4. The Bertz CT molecular complexity index is 387. The standard InChI is InChI=1S/C17H34N4O2.ClH/c1-13(2)17(3,12-18)21-15(22)10-7-11-19-16(23)20-14-8-5-4-6-9-14;/h13-14H,4-12,18H2,1-3H3,(H,21,22)(H2,19,20,23);1H. The fourth-order valence-electron chi connectivity index (χ4n) is 2.75. The number of carbonyl (C=O) groups excluding carboxylic acids is 2. The molecule has 1 unspecified atom stereocenters. The van der Waals surface area contributed by atoms with Crippen molar-refractivity contribution in [1.82, 2.24) is 16.0 Å². The van der Waals surface area contributed by atoms with Gasteiger partial charge in [0, 0.05) is 25.6 Å². The van der Waals surface area contributed by atoms with E-state index in [-0.39, 0.29) is 35.8 Å². The van der Waals surface area contributed by atoms with Crippen LogP contribution in [-0.2, 0) is 4.79 Å². The molecule has 1 saturated carbocycles. The molecule has 24 heavy (non-hydrogen) atoms. The highest BCUT2D eigenvalue weighted by Crippen LogP contribution is 2.17. The van der Waals surface area contributed by atoms with Crippen molar-refractivity contribution in [2.75, 3.05) is 13.1 Å². The van der Waals surface area contributed by atoms with Gasteiger partial charge in [0.2, 0.25) is 5.91 Å². The predicted octanol–water partition coefficient (Wildman–Crippen LogP) is 2.31. The van der Waals surface area contributed by atoms with Crippen molar-refractivity contribution >= 4 is 24.3 Å². The van der Waals surface area contributed by atoms with Crippen LogP contribution in [0.5, 0.6) is 0 Å². The molecule has 1 rings (SSSR count). The quantitative estimate of drug-likeness (QED) is 0.499. The maximum atomic E-state index is 12.0. The van der Waals surface area contributed by atoms with Gasteiger partial charge in [0.1, 0.15) is 0 Å². The number of urea groups is 1. The minimum Gasteiger partial charge on any atom is -0.349 e. The van der Waals surface area contributed by atoms with Crippen LogP contribution in [0.15, 0.2) is 0 Å². The van der Waals surface area contributed by atoms with E-state index in [1.54, 1.807) is 0 Å². The van der Waals surface area contributed by atoms with Crippen LogP contribution >= 0.6 is 12.4 Å². The van der Waals surface area contributed by atoms with E-state index in [0.29, 0.717) is 32.0 Å². The van der Waals surface area contributed by atoms with Gasteiger partial charge >= 0.3 is 6.03 Å². The molecule has 0 heterocycles. The second kappa shape index (κ2) is 11.5. The summed E-state index contributed by atoms with van der Waals surface area (Å²) in [6.07, 6.45) is 6.83. The summed E-state index contributed by atoms with van der Waals surface area (Å²) in [6.45, 7) is 6.98. The molecule has 0 spiro atoms. The molecule has 142 valence electrons. The van der Waals surface area contributed by atoms with Crippen LogP contribution in [0.4, 0.5) is 4.79 Å². The van der Waals surface area contributed by atoms with Crippen molar-refractivity contribution in [3.8, 4) is 0 Å². The number of nitrogens with one attached hydrogen (secondary N) is 3. The lowest BCUT2D eigenvalue weighted by Gasteiger charge is -2.33. The summed E-state index contributed by atoms with van der Waals surface area (Å²) in [7, 11) is 0. The van der Waals surface area contributed by atoms with Gasteiger partial charge in [0.25, 0.3) is 0 Å². The molecule has 6 nitrogen and oxygen atoms in total. The van der Waals surface area contributed by atoms with Gasteiger partial charge < -0.3 is 21.7 Å². The first-order valence-corrected chi connectivity index (χ1v) is 8.93. The van der Waals surface area contributed by atoms with Crippen LogP contribution in [0.25, 0.3) is 0 Å². The molecule has 0 aromatic rings. The SMILES string of the molecule is CC(C)C(C)(CN)NC(=O)CCCNC(=O)NC1CCCCC1.Cl. The third-order valence-electron chi connectivity index (χ3n) is 4.93. The molecular formula is C17H35ClN4O2. The normalized spacial score (nSPS) is 17.5. The monoisotopic (exact) mass is 362 g/mol. The predicted molar refractivity (Wildman–Crippen MR) is 100 cm³/mol. The summed E-state index contributed by atoms with van der Waals surface area (Å²) >= 11 is 0. The summed E-state index contributed by atoms with van der Waals surface area (Å²) in [4.78, 5) is 23.8. The fraction of sp³-hybridized carbons (Fsp3) is 0.882. The first kappa shape index (κ1) is 23.0. The summed E-state index contributed by atoms with van der Waals surface area (Å²) in [5.74, 6) is 0.261. The zero-order valence-corrected chi connectivity index (χ0v) is 16.1. The third-order valence-corrected chi connectivity index (χ3v) is 4.93. The maximum absolute atomic E-state index is 12.0. The van der Waals surface area contributed by atoms with Crippen LogP contribution in [0.2, 0.25) is 0 Å². The Kier molecular flexibility index (Phi) is 11.0. The molecule has 5 N–H and O–H groups in total. The molecule has 1 aliphatic rings. The highest BCUT2D eigenvalue weighted by Gasteiger charge is 2.28. The zero-order valence-electron chi connectivity index (χ0n) is 15.3. The van der Waals surface area contributed by atoms with Gasteiger partial charge in [-0.1, -0.05) is 33.1 Å². The molecule has 0 aliphatic heterocycles. The molecule has 0 aromatic heterocycles. The third kappa shape index (κ3) is 8.20. The first-order valence-electron chi connectivity index (χ1n) is 8.93. The number of hydrogen-bond acceptors (Lipinski definition) is 3. The van der Waals surface area contributed by atoms with Crippen LogP contribution in [0, 0.1) is 5.92 Å². The molecule has 1 aliphatic carbocycles. The maximum Gasteiger partial charge on any atom is 0.315 e. The number of carbonyl (C=O) groups is 2. The molecule has 0 aromatic carbocycles. The second-order valence-corrected chi connectivity index (χ2v) is 7.16. The number of amides is 3. The number of rotatable bonds is 8. The van der Waals surface area contributed by atoms with E-state index >= 15 is 0 Å². The number of halogens is 1. The molecule has 7 heteroatoms. The van der Waals surface area contributed by atoms with Gasteiger partial charge in [-0.3, -0.25) is 4.79 Å². The highest BCUT2D eigenvalue weighted by molar-refractivity contribution is 5.85. The summed E-state index contributed by atoms with van der Waals surface area (Å²) in [6, 6.07) is 0.189. The van der Waals surface area contributed by atoms with Crippen LogP contribution in [-0.4, -0.2) is 36.6 Å². The summed E-state index contributed by atoms with van der Waals surface area (Å²) in [5, 5.41) is 8.84. The zero-order chi connectivity index (χ0) is 17.3. The van der Waals surface area contributed by atoms with Gasteiger partial charge in [-0.2, -0.15) is 0 Å². The van der Waals surface area contributed by atoms with Crippen molar-refractivity contribution in [3.05, 3.63) is 0 Å². The lowest BCUT2D eigenvalue weighted by molar-refractivity contribution is -0.123. The lowest BCUT2D eigenvalue weighted by atomic mass is 9.88. The topological polar surface area (TPSA) is 96.2 Å². The average molecular weight is 363 g/mol. The molecule has 1 fully saturated rings. The highest BCUT2D eigenvalue weighted by atomic mass is 35.5. The van der Waals surface area contributed by atoms with E-state index in [9.17, 15) is 9.59 Å². The van der Waals surface area contributed by atoms with Crippen molar-refractivity contribution < 1.29 is 9.59 Å². The van der Waals surface area contributed by atoms with E-state index in [0.717, 1.165) is 12.8 Å². The van der Waals surface area contributed by atoms with E-state index in [1.165, 1.54) is 19.3 Å². The fourth-order valence-corrected chi connectivity index (χ4v) is 2.75. The van der Waals surface area contributed by atoms with Crippen LogP contribution in [0.3, 0.4) is 0 Å². The van der Waals surface area contributed by atoms with E-state index in [2.05, 4.69) is 16.0 Å². The molecule has 3 amide bonds. The second-order valence-electron chi connectivity index (χ2n) is 7.16. The minimum absolute atomic E-state index is 0. The Morgan fingerprint density at radius 1 is 1.21 bits per heavy atom. The molecule has 1 atom stereocenters. The van der Waals surface area contributed by atoms with Gasteiger partial charge in [-0.05, 0) is 32.1 Å². The van der Waals surface area contributed by atoms with E-state index in [4.69, 9.17) is 5.73 Å². The van der Waals surface area contributed by atoms with Crippen LogP contribution < -0.4 is 21.7 Å². The summed E-state index contributed by atoms with van der Waals surface area (Å²) < 4.78 is 0.